The van der Waals surface area contributed by atoms with E-state index in [2.05, 4.69) is 11.8 Å². The Morgan fingerprint density at radius 1 is 1.33 bits per heavy atom. The fraction of sp³-hybridized carbons (Fsp3) is 0.538. The summed E-state index contributed by atoms with van der Waals surface area (Å²) >= 11 is 0. The molecule has 114 valence electrons. The van der Waals surface area contributed by atoms with Gasteiger partial charge in [0.1, 0.15) is 0 Å². The molecule has 1 aromatic carbocycles. The Hall–Kier alpha value is -2.06. The van der Waals surface area contributed by atoms with E-state index in [1.807, 2.05) is 0 Å². The zero-order valence-electron chi connectivity index (χ0n) is 11.8. The zero-order chi connectivity index (χ0) is 15.6. The SMILES string of the molecule is CC1CC(CN)CN1Cc1ccc([N+](=O)[O-])cc1[N+](=O)[O-]. The second-order valence-corrected chi connectivity index (χ2v) is 5.44. The van der Waals surface area contributed by atoms with Crippen molar-refractivity contribution < 1.29 is 9.85 Å². The Kier molecular flexibility index (Phi) is 4.49. The van der Waals surface area contributed by atoms with Crippen molar-refractivity contribution in [2.45, 2.75) is 25.9 Å². The molecule has 2 atom stereocenters. The molecule has 2 N–H and O–H groups in total. The van der Waals surface area contributed by atoms with Crippen molar-refractivity contribution in [3.05, 3.63) is 44.0 Å². The summed E-state index contributed by atoms with van der Waals surface area (Å²) in [5.74, 6) is 0.400. The lowest BCUT2D eigenvalue weighted by Crippen LogP contribution is -2.27. The van der Waals surface area contributed by atoms with Crippen LogP contribution in [0.3, 0.4) is 0 Å². The molecule has 0 saturated carbocycles. The van der Waals surface area contributed by atoms with Gasteiger partial charge in [0.05, 0.1) is 15.9 Å². The molecule has 0 aromatic heterocycles. The maximum absolute atomic E-state index is 11.1. The van der Waals surface area contributed by atoms with Crippen LogP contribution in [-0.4, -0.2) is 33.9 Å². The molecule has 1 aliphatic rings. The van der Waals surface area contributed by atoms with Crippen LogP contribution in [0.4, 0.5) is 11.4 Å². The predicted molar refractivity (Wildman–Crippen MR) is 76.8 cm³/mol. The van der Waals surface area contributed by atoms with Crippen molar-refractivity contribution in [3.63, 3.8) is 0 Å². The average molecular weight is 294 g/mol. The molecule has 0 amide bonds. The van der Waals surface area contributed by atoms with Gasteiger partial charge in [-0.1, -0.05) is 0 Å². The molecule has 1 saturated heterocycles. The number of hydrogen-bond acceptors (Lipinski definition) is 6. The van der Waals surface area contributed by atoms with Crippen LogP contribution in [0.1, 0.15) is 18.9 Å². The largest absolute Gasteiger partial charge is 0.330 e. The minimum atomic E-state index is -0.625. The van der Waals surface area contributed by atoms with Crippen molar-refractivity contribution in [3.8, 4) is 0 Å². The summed E-state index contributed by atoms with van der Waals surface area (Å²) < 4.78 is 0. The third-order valence-corrected chi connectivity index (χ3v) is 3.97. The molecule has 1 aromatic rings. The number of likely N-dealkylation sites (tertiary alicyclic amines) is 1. The molecule has 0 spiro atoms. The molecule has 0 bridgehead atoms. The van der Waals surface area contributed by atoms with Crippen molar-refractivity contribution in [2.24, 2.45) is 11.7 Å². The Labute approximate surface area is 121 Å². The summed E-state index contributed by atoms with van der Waals surface area (Å²) in [6.07, 6.45) is 0.970. The molecule has 1 heterocycles. The van der Waals surface area contributed by atoms with Gasteiger partial charge >= 0.3 is 0 Å². The predicted octanol–water partition coefficient (Wildman–Crippen LogP) is 1.67. The Bertz CT molecular complexity index is 563. The molecule has 8 heteroatoms. The molecular formula is C13H18N4O4. The highest BCUT2D eigenvalue weighted by molar-refractivity contribution is 5.49. The summed E-state index contributed by atoms with van der Waals surface area (Å²) in [4.78, 5) is 22.8. The summed E-state index contributed by atoms with van der Waals surface area (Å²) in [5.41, 5.74) is 5.70. The minimum Gasteiger partial charge on any atom is -0.330 e. The van der Waals surface area contributed by atoms with Crippen LogP contribution in [0.5, 0.6) is 0 Å². The minimum absolute atomic E-state index is 0.201. The first-order valence-electron chi connectivity index (χ1n) is 6.78. The number of benzene rings is 1. The maximum Gasteiger partial charge on any atom is 0.280 e. The second-order valence-electron chi connectivity index (χ2n) is 5.44. The third kappa shape index (κ3) is 3.34. The van der Waals surface area contributed by atoms with Crippen LogP contribution in [0.25, 0.3) is 0 Å². The van der Waals surface area contributed by atoms with Crippen LogP contribution < -0.4 is 5.73 Å². The van der Waals surface area contributed by atoms with Crippen LogP contribution in [0.2, 0.25) is 0 Å². The Morgan fingerprint density at radius 2 is 2.05 bits per heavy atom. The lowest BCUT2D eigenvalue weighted by atomic mass is 10.1. The monoisotopic (exact) mass is 294 g/mol. The van der Waals surface area contributed by atoms with E-state index in [0.717, 1.165) is 19.0 Å². The Morgan fingerprint density at radius 3 is 2.57 bits per heavy atom. The first-order valence-corrected chi connectivity index (χ1v) is 6.78. The molecule has 1 fully saturated rings. The van der Waals surface area contributed by atoms with Crippen LogP contribution in [0.15, 0.2) is 18.2 Å². The van der Waals surface area contributed by atoms with E-state index in [9.17, 15) is 20.2 Å². The van der Waals surface area contributed by atoms with Gasteiger partial charge in [-0.15, -0.1) is 0 Å². The number of nitro benzene ring substituents is 2. The van der Waals surface area contributed by atoms with Crippen molar-refractivity contribution in [1.29, 1.82) is 0 Å². The third-order valence-electron chi connectivity index (χ3n) is 3.97. The summed E-state index contributed by atoms with van der Waals surface area (Å²) in [7, 11) is 0. The van der Waals surface area contributed by atoms with Gasteiger partial charge in [0, 0.05) is 30.8 Å². The summed E-state index contributed by atoms with van der Waals surface area (Å²) in [5, 5.41) is 21.8. The zero-order valence-corrected chi connectivity index (χ0v) is 11.8. The normalized spacial score (nSPS) is 22.4. The number of hydrogen-bond donors (Lipinski definition) is 1. The number of nitrogens with two attached hydrogens (primary N) is 1. The van der Waals surface area contributed by atoms with Crippen molar-refractivity contribution in [1.82, 2.24) is 4.90 Å². The maximum atomic E-state index is 11.1. The van der Waals surface area contributed by atoms with Crippen LogP contribution in [0, 0.1) is 26.1 Å². The molecule has 0 radical (unpaired) electrons. The first kappa shape index (κ1) is 15.3. The molecular weight excluding hydrogens is 276 g/mol. The number of rotatable bonds is 5. The number of non-ortho nitro benzene ring substituents is 1. The number of nitro groups is 2. The fourth-order valence-corrected chi connectivity index (χ4v) is 2.80. The van der Waals surface area contributed by atoms with E-state index >= 15 is 0 Å². The Balaban J connectivity index is 2.23. The first-order chi connectivity index (χ1) is 9.92. The van der Waals surface area contributed by atoms with E-state index in [4.69, 9.17) is 5.73 Å². The lowest BCUT2D eigenvalue weighted by molar-refractivity contribution is -0.394. The van der Waals surface area contributed by atoms with Crippen molar-refractivity contribution in [2.75, 3.05) is 13.1 Å². The summed E-state index contributed by atoms with van der Waals surface area (Å²) in [6.45, 7) is 3.87. The summed E-state index contributed by atoms with van der Waals surface area (Å²) in [6, 6.07) is 4.10. The second kappa shape index (κ2) is 6.15. The smallest absolute Gasteiger partial charge is 0.280 e. The molecule has 1 aliphatic heterocycles. The molecule has 2 rings (SSSR count). The van der Waals surface area contributed by atoms with Crippen molar-refractivity contribution >= 4 is 11.4 Å². The fourth-order valence-electron chi connectivity index (χ4n) is 2.80. The number of nitrogens with zero attached hydrogens (tertiary/aromatic N) is 3. The molecule has 8 nitrogen and oxygen atoms in total. The average Bonchev–Trinajstić information content (AvgIpc) is 2.79. The van der Waals surface area contributed by atoms with Crippen LogP contribution >= 0.6 is 0 Å². The molecule has 21 heavy (non-hydrogen) atoms. The standard InChI is InChI=1S/C13H18N4O4/c1-9-4-10(6-14)7-15(9)8-11-2-3-12(16(18)19)5-13(11)17(20)21/h2-3,5,9-10H,4,6-8,14H2,1H3. The van der Waals surface area contributed by atoms with Gasteiger partial charge in [-0.2, -0.15) is 0 Å². The van der Waals surface area contributed by atoms with Gasteiger partial charge in [0.15, 0.2) is 0 Å². The highest BCUT2D eigenvalue weighted by atomic mass is 16.6. The van der Waals surface area contributed by atoms with Gasteiger partial charge in [0.25, 0.3) is 11.4 Å². The highest BCUT2D eigenvalue weighted by Crippen LogP contribution is 2.29. The topological polar surface area (TPSA) is 116 Å². The van der Waals surface area contributed by atoms with E-state index < -0.39 is 9.85 Å². The molecule has 2 unspecified atom stereocenters. The van der Waals surface area contributed by atoms with Gasteiger partial charge in [-0.25, -0.2) is 0 Å². The van der Waals surface area contributed by atoms with E-state index in [1.54, 1.807) is 0 Å². The van der Waals surface area contributed by atoms with Gasteiger partial charge in [-0.05, 0) is 31.9 Å². The lowest BCUT2D eigenvalue weighted by Gasteiger charge is -2.20. The van der Waals surface area contributed by atoms with E-state index in [0.29, 0.717) is 30.6 Å². The van der Waals surface area contributed by atoms with Gasteiger partial charge in [-0.3, -0.25) is 25.1 Å². The quantitative estimate of drug-likeness (QED) is 0.652. The molecule has 0 aliphatic carbocycles. The van der Waals surface area contributed by atoms with Crippen LogP contribution in [-0.2, 0) is 6.54 Å². The van der Waals surface area contributed by atoms with E-state index in [-0.39, 0.29) is 11.4 Å². The highest BCUT2D eigenvalue weighted by Gasteiger charge is 2.30. The van der Waals surface area contributed by atoms with Gasteiger partial charge in [0.2, 0.25) is 0 Å². The van der Waals surface area contributed by atoms with Gasteiger partial charge < -0.3 is 5.73 Å². The van der Waals surface area contributed by atoms with E-state index in [1.165, 1.54) is 12.1 Å².